The van der Waals surface area contributed by atoms with Gasteiger partial charge in [0.25, 0.3) is 0 Å². The number of nitrogens with two attached hydrogens (primary N) is 1. The number of nitrogens with one attached hydrogen (secondary N) is 3. The summed E-state index contributed by atoms with van der Waals surface area (Å²) in [6, 6.07) is 0.288. The molecule has 1 aromatic heterocycles. The van der Waals surface area contributed by atoms with Gasteiger partial charge < -0.3 is 10.7 Å². The molecule has 0 bridgehead atoms. The summed E-state index contributed by atoms with van der Waals surface area (Å²) in [7, 11) is -3.90. The van der Waals surface area contributed by atoms with E-state index in [0.717, 1.165) is 12.6 Å². The zero-order valence-electron chi connectivity index (χ0n) is 11.7. The molecule has 1 unspecified atom stereocenters. The molecule has 21 heavy (non-hydrogen) atoms. The highest BCUT2D eigenvalue weighted by Gasteiger charge is 2.22. The average molecular weight is 336 g/mol. The van der Waals surface area contributed by atoms with Crippen LogP contribution in [0, 0.1) is 0 Å². The Morgan fingerprint density at radius 3 is 2.71 bits per heavy atom. The SMILES string of the molecule is CCCNC(=O)C(C)NS(=O)(=O)c1cnc(NN)c(Cl)c1. The second-order valence-electron chi connectivity index (χ2n) is 4.28. The highest BCUT2D eigenvalue weighted by atomic mass is 35.5. The van der Waals surface area contributed by atoms with Crippen LogP contribution < -0.4 is 21.3 Å². The van der Waals surface area contributed by atoms with E-state index in [1.165, 1.54) is 13.0 Å². The van der Waals surface area contributed by atoms with E-state index in [-0.39, 0.29) is 15.7 Å². The van der Waals surface area contributed by atoms with Crippen molar-refractivity contribution in [3.8, 4) is 0 Å². The number of hydrogen-bond acceptors (Lipinski definition) is 6. The fourth-order valence-corrected chi connectivity index (χ4v) is 2.89. The van der Waals surface area contributed by atoms with Crippen molar-refractivity contribution in [2.45, 2.75) is 31.2 Å². The molecule has 0 saturated heterocycles. The number of anilines is 1. The first-order valence-electron chi connectivity index (χ1n) is 6.24. The molecule has 0 saturated carbocycles. The third-order valence-electron chi connectivity index (χ3n) is 2.54. The van der Waals surface area contributed by atoms with Crippen LogP contribution in [0.25, 0.3) is 0 Å². The Kier molecular flexibility index (Phi) is 6.34. The van der Waals surface area contributed by atoms with Gasteiger partial charge in [-0.2, -0.15) is 4.72 Å². The van der Waals surface area contributed by atoms with Gasteiger partial charge in [-0.05, 0) is 19.4 Å². The second kappa shape index (κ2) is 7.55. The van der Waals surface area contributed by atoms with Crippen LogP contribution in [0.4, 0.5) is 5.82 Å². The molecule has 0 aliphatic rings. The van der Waals surface area contributed by atoms with Crippen LogP contribution in [0.5, 0.6) is 0 Å². The molecule has 1 aromatic rings. The minimum absolute atomic E-state index is 0.0588. The zero-order chi connectivity index (χ0) is 16.0. The normalized spacial score (nSPS) is 12.8. The molecule has 0 aliphatic heterocycles. The number of hydrogen-bond donors (Lipinski definition) is 4. The predicted octanol–water partition coefficient (Wildman–Crippen LogP) is 0.214. The number of rotatable bonds is 7. The fourth-order valence-electron chi connectivity index (χ4n) is 1.43. The van der Waals surface area contributed by atoms with Crippen LogP contribution >= 0.6 is 11.6 Å². The maximum absolute atomic E-state index is 12.1. The number of amides is 1. The molecule has 0 aromatic carbocycles. The van der Waals surface area contributed by atoms with E-state index in [1.807, 2.05) is 6.92 Å². The van der Waals surface area contributed by atoms with Gasteiger partial charge in [-0.3, -0.25) is 4.79 Å². The van der Waals surface area contributed by atoms with Crippen LogP contribution in [0.1, 0.15) is 20.3 Å². The Balaban J connectivity index is 2.86. The number of nitrogens with zero attached hydrogens (tertiary/aromatic N) is 1. The molecule has 0 fully saturated rings. The third kappa shape index (κ3) is 4.81. The zero-order valence-corrected chi connectivity index (χ0v) is 13.3. The van der Waals surface area contributed by atoms with Crippen molar-refractivity contribution in [3.05, 3.63) is 17.3 Å². The number of pyridine rings is 1. The summed E-state index contributed by atoms with van der Waals surface area (Å²) in [6.07, 6.45) is 1.86. The second-order valence-corrected chi connectivity index (χ2v) is 6.40. The van der Waals surface area contributed by atoms with Crippen molar-refractivity contribution in [1.82, 2.24) is 15.0 Å². The van der Waals surface area contributed by atoms with E-state index >= 15 is 0 Å². The number of sulfonamides is 1. The van der Waals surface area contributed by atoms with E-state index in [0.29, 0.717) is 6.54 Å². The van der Waals surface area contributed by atoms with Crippen LogP contribution in [0.2, 0.25) is 5.02 Å². The summed E-state index contributed by atoms with van der Waals surface area (Å²) in [6.45, 7) is 3.83. The molecular weight excluding hydrogens is 318 g/mol. The Labute approximate surface area is 128 Å². The van der Waals surface area contributed by atoms with E-state index < -0.39 is 22.0 Å². The van der Waals surface area contributed by atoms with Gasteiger partial charge in [0, 0.05) is 12.7 Å². The maximum Gasteiger partial charge on any atom is 0.242 e. The summed E-state index contributed by atoms with van der Waals surface area (Å²) in [5.41, 5.74) is 2.23. The van der Waals surface area contributed by atoms with Crippen LogP contribution in [-0.2, 0) is 14.8 Å². The summed E-state index contributed by atoms with van der Waals surface area (Å²) in [4.78, 5) is 15.3. The minimum Gasteiger partial charge on any atom is -0.355 e. The summed E-state index contributed by atoms with van der Waals surface area (Å²) >= 11 is 5.83. The van der Waals surface area contributed by atoms with Gasteiger partial charge in [0.15, 0.2) is 5.82 Å². The number of nitrogen functional groups attached to an aromatic ring is 1. The smallest absolute Gasteiger partial charge is 0.242 e. The third-order valence-corrected chi connectivity index (χ3v) is 4.33. The molecular formula is C11H18ClN5O3S. The molecule has 1 atom stereocenters. The lowest BCUT2D eigenvalue weighted by Crippen LogP contribution is -2.44. The molecule has 1 heterocycles. The fraction of sp³-hybridized carbons (Fsp3) is 0.455. The van der Waals surface area contributed by atoms with Gasteiger partial charge >= 0.3 is 0 Å². The summed E-state index contributed by atoms with van der Waals surface area (Å²) in [5.74, 6) is 4.92. The lowest BCUT2D eigenvalue weighted by Gasteiger charge is -2.14. The van der Waals surface area contributed by atoms with Gasteiger partial charge in [0.1, 0.15) is 4.90 Å². The quantitative estimate of drug-likeness (QED) is 0.417. The molecule has 10 heteroatoms. The van der Waals surface area contributed by atoms with Crippen molar-refractivity contribution < 1.29 is 13.2 Å². The van der Waals surface area contributed by atoms with Crippen molar-refractivity contribution in [3.63, 3.8) is 0 Å². The van der Waals surface area contributed by atoms with Crippen molar-refractivity contribution in [1.29, 1.82) is 0 Å². The molecule has 1 rings (SSSR count). The topological polar surface area (TPSA) is 126 Å². The van der Waals surface area contributed by atoms with Gasteiger partial charge in [-0.15, -0.1) is 0 Å². The first-order valence-corrected chi connectivity index (χ1v) is 8.10. The molecule has 1 amide bonds. The Bertz CT molecular complexity index is 608. The van der Waals surface area contributed by atoms with Crippen molar-refractivity contribution in [2.75, 3.05) is 12.0 Å². The van der Waals surface area contributed by atoms with Gasteiger partial charge in [-0.25, -0.2) is 19.2 Å². The van der Waals surface area contributed by atoms with Crippen LogP contribution in [0.3, 0.4) is 0 Å². The summed E-state index contributed by atoms with van der Waals surface area (Å²) < 4.78 is 26.5. The molecule has 0 spiro atoms. The van der Waals surface area contributed by atoms with Gasteiger partial charge in [0.05, 0.1) is 11.1 Å². The lowest BCUT2D eigenvalue weighted by atomic mass is 10.3. The van der Waals surface area contributed by atoms with E-state index in [2.05, 4.69) is 20.4 Å². The van der Waals surface area contributed by atoms with Crippen LogP contribution in [-0.4, -0.2) is 31.9 Å². The molecule has 118 valence electrons. The highest BCUT2D eigenvalue weighted by molar-refractivity contribution is 7.89. The lowest BCUT2D eigenvalue weighted by molar-refractivity contribution is -0.122. The largest absolute Gasteiger partial charge is 0.355 e. The number of aromatic nitrogens is 1. The van der Waals surface area contributed by atoms with Crippen molar-refractivity contribution in [2.24, 2.45) is 5.84 Å². The first-order chi connectivity index (χ1) is 9.81. The minimum atomic E-state index is -3.90. The monoisotopic (exact) mass is 335 g/mol. The van der Waals surface area contributed by atoms with Gasteiger partial charge in [0.2, 0.25) is 15.9 Å². The molecule has 5 N–H and O–H groups in total. The Morgan fingerprint density at radius 1 is 1.52 bits per heavy atom. The first kappa shape index (κ1) is 17.6. The highest BCUT2D eigenvalue weighted by Crippen LogP contribution is 2.21. The van der Waals surface area contributed by atoms with Crippen molar-refractivity contribution >= 4 is 33.3 Å². The van der Waals surface area contributed by atoms with E-state index in [1.54, 1.807) is 0 Å². The number of halogens is 1. The van der Waals surface area contributed by atoms with E-state index in [4.69, 9.17) is 17.4 Å². The molecule has 0 aliphatic carbocycles. The maximum atomic E-state index is 12.1. The number of hydrazine groups is 1. The van der Waals surface area contributed by atoms with Gasteiger partial charge in [-0.1, -0.05) is 18.5 Å². The number of carbonyl (C=O) groups excluding carboxylic acids is 1. The molecule has 0 radical (unpaired) electrons. The standard InChI is InChI=1S/C11H18ClN5O3S/c1-3-4-14-11(18)7(2)17-21(19,20)8-5-9(12)10(16-13)15-6-8/h5-7,17H,3-4,13H2,1-2H3,(H,14,18)(H,15,16). The van der Waals surface area contributed by atoms with Crippen LogP contribution in [0.15, 0.2) is 17.2 Å². The molecule has 8 nitrogen and oxygen atoms in total. The Morgan fingerprint density at radius 2 is 2.19 bits per heavy atom. The average Bonchev–Trinajstić information content (AvgIpc) is 2.44. The number of carbonyl (C=O) groups is 1. The Hall–Kier alpha value is -1.42. The van der Waals surface area contributed by atoms with E-state index in [9.17, 15) is 13.2 Å². The predicted molar refractivity (Wildman–Crippen MR) is 80.1 cm³/mol. The summed E-state index contributed by atoms with van der Waals surface area (Å²) in [5, 5.41) is 2.66.